The molecule has 74 valence electrons. The maximum Gasteiger partial charge on any atom is 0.124 e. The molecule has 0 bridgehead atoms. The number of hydrogen-bond donors (Lipinski definition) is 2. The van der Waals surface area contributed by atoms with Gasteiger partial charge >= 0.3 is 0 Å². The maximum atomic E-state index is 9.60. The van der Waals surface area contributed by atoms with Gasteiger partial charge in [0.15, 0.2) is 0 Å². The van der Waals surface area contributed by atoms with Gasteiger partial charge in [-0.3, -0.25) is 0 Å². The number of phenols is 1. The fourth-order valence-corrected chi connectivity index (χ4v) is 1.57. The number of phenolic OH excluding ortho intramolecular Hbond substituents is 1. The van der Waals surface area contributed by atoms with E-state index in [2.05, 4.69) is 0 Å². The van der Waals surface area contributed by atoms with Crippen molar-refractivity contribution in [2.75, 3.05) is 0 Å². The van der Waals surface area contributed by atoms with Gasteiger partial charge in [0.05, 0.1) is 0 Å². The van der Waals surface area contributed by atoms with Crippen LogP contribution in [0.5, 0.6) is 5.75 Å². The molecule has 2 nitrogen and oxygen atoms in total. The summed E-state index contributed by atoms with van der Waals surface area (Å²) in [5, 5.41) is 16.9. The molecule has 2 aromatic rings. The third kappa shape index (κ3) is 1.74. The Hall–Kier alpha value is -2.09. The molecule has 0 aliphatic heterocycles. The normalized spacial score (nSPS) is 9.87. The van der Waals surface area contributed by atoms with Gasteiger partial charge in [-0.25, -0.2) is 0 Å². The number of rotatable bonds is 2. The molecule has 2 rings (SSSR count). The van der Waals surface area contributed by atoms with Crippen LogP contribution in [0.4, 0.5) is 0 Å². The second-order valence-corrected chi connectivity index (χ2v) is 3.25. The van der Waals surface area contributed by atoms with Crippen LogP contribution in [0.2, 0.25) is 0 Å². The lowest BCUT2D eigenvalue weighted by Gasteiger charge is -2.06. The molecule has 2 heteroatoms. The Balaban J connectivity index is 2.63. The first-order valence-corrected chi connectivity index (χ1v) is 4.71. The lowest BCUT2D eigenvalue weighted by Crippen LogP contribution is -1.87. The summed E-state index contributed by atoms with van der Waals surface area (Å²) in [6.07, 6.45) is 1.18. The molecule has 0 heterocycles. The molecule has 0 unspecified atom stereocenters. The van der Waals surface area contributed by atoms with Gasteiger partial charge in [0, 0.05) is 11.8 Å². The van der Waals surface area contributed by atoms with Crippen molar-refractivity contribution >= 4 is 6.21 Å². The molecule has 0 fully saturated rings. The molecule has 2 aromatic carbocycles. The Morgan fingerprint density at radius 2 is 1.67 bits per heavy atom. The summed E-state index contributed by atoms with van der Waals surface area (Å²) >= 11 is 0. The first kappa shape index (κ1) is 9.46. The average Bonchev–Trinajstić information content (AvgIpc) is 2.30. The summed E-state index contributed by atoms with van der Waals surface area (Å²) < 4.78 is 0. The molecular weight excluding hydrogens is 186 g/mol. The summed E-state index contributed by atoms with van der Waals surface area (Å²) in [7, 11) is 0. The van der Waals surface area contributed by atoms with Crippen LogP contribution in [0.15, 0.2) is 48.5 Å². The fraction of sp³-hybridized carbons (Fsp3) is 0. The Labute approximate surface area is 88.3 Å². The van der Waals surface area contributed by atoms with E-state index >= 15 is 0 Å². The molecule has 0 radical (unpaired) electrons. The van der Waals surface area contributed by atoms with Gasteiger partial charge in [0.1, 0.15) is 5.75 Å². The SMILES string of the molecule is N=Cc1c(O)cccc1-c1ccccc1. The molecular formula is C13H11NO. The second-order valence-electron chi connectivity index (χ2n) is 3.25. The highest BCUT2D eigenvalue weighted by atomic mass is 16.3. The van der Waals surface area contributed by atoms with Crippen LogP contribution in [0.25, 0.3) is 11.1 Å². The van der Waals surface area contributed by atoms with E-state index in [0.717, 1.165) is 11.1 Å². The van der Waals surface area contributed by atoms with Crippen molar-refractivity contribution in [3.63, 3.8) is 0 Å². The number of hydrogen-bond acceptors (Lipinski definition) is 2. The van der Waals surface area contributed by atoms with E-state index in [-0.39, 0.29) is 5.75 Å². The third-order valence-corrected chi connectivity index (χ3v) is 2.31. The maximum absolute atomic E-state index is 9.60. The van der Waals surface area contributed by atoms with Gasteiger partial charge in [-0.2, -0.15) is 0 Å². The zero-order valence-electron chi connectivity index (χ0n) is 8.14. The van der Waals surface area contributed by atoms with Crippen LogP contribution in [0.1, 0.15) is 5.56 Å². The van der Waals surface area contributed by atoms with E-state index in [0.29, 0.717) is 5.56 Å². The van der Waals surface area contributed by atoms with Crippen LogP contribution in [0, 0.1) is 5.41 Å². The van der Waals surface area contributed by atoms with Gasteiger partial charge in [-0.15, -0.1) is 0 Å². The Morgan fingerprint density at radius 3 is 2.33 bits per heavy atom. The van der Waals surface area contributed by atoms with Crippen LogP contribution < -0.4 is 0 Å². The molecule has 0 saturated heterocycles. The second kappa shape index (κ2) is 3.96. The first-order valence-electron chi connectivity index (χ1n) is 4.71. The van der Waals surface area contributed by atoms with Crippen molar-refractivity contribution in [3.05, 3.63) is 54.1 Å². The van der Waals surface area contributed by atoms with Crippen molar-refractivity contribution in [2.24, 2.45) is 0 Å². The lowest BCUT2D eigenvalue weighted by molar-refractivity contribution is 0.474. The van der Waals surface area contributed by atoms with Crippen molar-refractivity contribution in [2.45, 2.75) is 0 Å². The third-order valence-electron chi connectivity index (χ3n) is 2.31. The van der Waals surface area contributed by atoms with E-state index in [1.54, 1.807) is 12.1 Å². The zero-order chi connectivity index (χ0) is 10.7. The number of nitrogens with one attached hydrogen (secondary N) is 1. The standard InChI is InChI=1S/C13H11NO/c14-9-12-11(7-4-8-13(12)15)10-5-2-1-3-6-10/h1-9,14-15H. The highest BCUT2D eigenvalue weighted by Gasteiger charge is 2.06. The van der Waals surface area contributed by atoms with E-state index in [1.165, 1.54) is 6.21 Å². The molecule has 0 atom stereocenters. The number of benzene rings is 2. The molecule has 0 saturated carbocycles. The van der Waals surface area contributed by atoms with Gasteiger partial charge in [-0.1, -0.05) is 42.5 Å². The van der Waals surface area contributed by atoms with Crippen molar-refractivity contribution in [1.29, 1.82) is 5.41 Å². The predicted octanol–water partition coefficient (Wildman–Crippen LogP) is 3.06. The molecule has 0 aliphatic carbocycles. The van der Waals surface area contributed by atoms with Crippen LogP contribution >= 0.6 is 0 Å². The molecule has 0 aromatic heterocycles. The van der Waals surface area contributed by atoms with Crippen molar-refractivity contribution in [1.82, 2.24) is 0 Å². The van der Waals surface area contributed by atoms with Gasteiger partial charge < -0.3 is 10.5 Å². The predicted molar refractivity (Wildman–Crippen MR) is 61.4 cm³/mol. The topological polar surface area (TPSA) is 44.1 Å². The summed E-state index contributed by atoms with van der Waals surface area (Å²) in [6.45, 7) is 0. The molecule has 0 aliphatic rings. The quantitative estimate of drug-likeness (QED) is 0.714. The zero-order valence-corrected chi connectivity index (χ0v) is 8.14. The molecule has 0 spiro atoms. The van der Waals surface area contributed by atoms with E-state index in [9.17, 15) is 5.11 Å². The van der Waals surface area contributed by atoms with Gasteiger partial charge in [-0.05, 0) is 17.2 Å². The van der Waals surface area contributed by atoms with Crippen molar-refractivity contribution in [3.8, 4) is 16.9 Å². The fourth-order valence-electron chi connectivity index (χ4n) is 1.57. The van der Waals surface area contributed by atoms with Crippen molar-refractivity contribution < 1.29 is 5.11 Å². The monoisotopic (exact) mass is 197 g/mol. The smallest absolute Gasteiger partial charge is 0.124 e. The first-order chi connectivity index (χ1) is 7.33. The highest BCUT2D eigenvalue weighted by molar-refractivity contribution is 5.91. The lowest BCUT2D eigenvalue weighted by atomic mass is 10.00. The Morgan fingerprint density at radius 1 is 0.933 bits per heavy atom. The molecule has 2 N–H and O–H groups in total. The molecule has 15 heavy (non-hydrogen) atoms. The summed E-state index contributed by atoms with van der Waals surface area (Å²) in [6, 6.07) is 15.0. The minimum Gasteiger partial charge on any atom is -0.507 e. The van der Waals surface area contributed by atoms with E-state index < -0.39 is 0 Å². The minimum atomic E-state index is 0.145. The highest BCUT2D eigenvalue weighted by Crippen LogP contribution is 2.28. The van der Waals surface area contributed by atoms with Crippen LogP contribution in [-0.2, 0) is 0 Å². The Bertz CT molecular complexity index is 477. The van der Waals surface area contributed by atoms with E-state index in [4.69, 9.17) is 5.41 Å². The summed E-state index contributed by atoms with van der Waals surface area (Å²) in [5.41, 5.74) is 2.45. The average molecular weight is 197 g/mol. The largest absolute Gasteiger partial charge is 0.507 e. The summed E-state index contributed by atoms with van der Waals surface area (Å²) in [4.78, 5) is 0. The van der Waals surface area contributed by atoms with E-state index in [1.807, 2.05) is 36.4 Å². The number of aromatic hydroxyl groups is 1. The van der Waals surface area contributed by atoms with Gasteiger partial charge in [0.25, 0.3) is 0 Å². The Kier molecular flexibility index (Phi) is 2.50. The minimum absolute atomic E-state index is 0.145. The molecule has 0 amide bonds. The summed E-state index contributed by atoms with van der Waals surface area (Å²) in [5.74, 6) is 0.145. The van der Waals surface area contributed by atoms with Gasteiger partial charge in [0.2, 0.25) is 0 Å². The van der Waals surface area contributed by atoms with Crippen LogP contribution in [0.3, 0.4) is 0 Å². The van der Waals surface area contributed by atoms with Crippen LogP contribution in [-0.4, -0.2) is 11.3 Å².